The van der Waals surface area contributed by atoms with Crippen LogP contribution in [0.25, 0.3) is 0 Å². The molecule has 2 aromatic rings. The van der Waals surface area contributed by atoms with E-state index in [0.717, 1.165) is 16.3 Å². The van der Waals surface area contributed by atoms with Crippen LogP contribution in [0, 0.1) is 0 Å². The van der Waals surface area contributed by atoms with Crippen molar-refractivity contribution in [1.29, 1.82) is 0 Å². The van der Waals surface area contributed by atoms with Gasteiger partial charge < -0.3 is 10.5 Å². The molecule has 80 valence electrons. The van der Waals surface area contributed by atoms with Crippen molar-refractivity contribution >= 4 is 11.3 Å². The third kappa shape index (κ3) is 1.88. The van der Waals surface area contributed by atoms with Gasteiger partial charge in [0.1, 0.15) is 5.75 Å². The Hall–Kier alpha value is -1.33. The van der Waals surface area contributed by atoms with E-state index < -0.39 is 0 Å². The van der Waals surface area contributed by atoms with Crippen molar-refractivity contribution in [2.24, 2.45) is 12.8 Å². The standard InChI is InChI=1S/C10H13N3OS/c1-13-8(3-4-12-13)10(11)9-5-7(14-2)6-15-9/h3-6,10H,11H2,1-2H3. The van der Waals surface area contributed by atoms with Crippen LogP contribution in [0.5, 0.6) is 5.75 Å². The molecule has 0 spiro atoms. The number of thiophene rings is 1. The summed E-state index contributed by atoms with van der Waals surface area (Å²) in [5, 5.41) is 6.05. The Morgan fingerprint density at radius 3 is 2.93 bits per heavy atom. The number of methoxy groups -OCH3 is 1. The topological polar surface area (TPSA) is 53.1 Å². The summed E-state index contributed by atoms with van der Waals surface area (Å²) in [4.78, 5) is 1.08. The minimum Gasteiger partial charge on any atom is -0.496 e. The Morgan fingerprint density at radius 2 is 2.40 bits per heavy atom. The molecule has 5 heteroatoms. The SMILES string of the molecule is COc1csc(C(N)c2ccnn2C)c1. The maximum atomic E-state index is 6.12. The molecule has 0 aromatic carbocycles. The van der Waals surface area contributed by atoms with Crippen LogP contribution in [0.2, 0.25) is 0 Å². The summed E-state index contributed by atoms with van der Waals surface area (Å²) in [5.74, 6) is 0.854. The number of aromatic nitrogens is 2. The first-order chi connectivity index (χ1) is 7.22. The number of nitrogens with two attached hydrogens (primary N) is 1. The molecule has 4 nitrogen and oxygen atoms in total. The quantitative estimate of drug-likeness (QED) is 0.858. The van der Waals surface area contributed by atoms with Crippen molar-refractivity contribution in [3.8, 4) is 5.75 Å². The molecule has 0 aliphatic carbocycles. The highest BCUT2D eigenvalue weighted by Crippen LogP contribution is 2.28. The van der Waals surface area contributed by atoms with E-state index in [2.05, 4.69) is 5.10 Å². The van der Waals surface area contributed by atoms with Crippen LogP contribution in [0.1, 0.15) is 16.6 Å². The molecular weight excluding hydrogens is 210 g/mol. The Labute approximate surface area is 92.3 Å². The van der Waals surface area contributed by atoms with Gasteiger partial charge in [0.15, 0.2) is 0 Å². The lowest BCUT2D eigenvalue weighted by atomic mass is 10.2. The molecule has 0 amide bonds. The molecule has 2 heterocycles. The second-order valence-corrected chi connectivity index (χ2v) is 4.19. The highest BCUT2D eigenvalue weighted by Gasteiger charge is 2.14. The van der Waals surface area contributed by atoms with Gasteiger partial charge in [-0.1, -0.05) is 0 Å². The minimum atomic E-state index is -0.133. The van der Waals surface area contributed by atoms with Gasteiger partial charge in [0.25, 0.3) is 0 Å². The molecule has 15 heavy (non-hydrogen) atoms. The zero-order valence-electron chi connectivity index (χ0n) is 8.68. The molecule has 0 radical (unpaired) electrons. The van der Waals surface area contributed by atoms with Crippen LogP contribution in [0.3, 0.4) is 0 Å². The average molecular weight is 223 g/mol. The first-order valence-electron chi connectivity index (χ1n) is 4.58. The largest absolute Gasteiger partial charge is 0.496 e. The second kappa shape index (κ2) is 4.04. The number of nitrogens with zero attached hydrogens (tertiary/aromatic N) is 2. The summed E-state index contributed by atoms with van der Waals surface area (Å²) in [7, 11) is 3.54. The lowest BCUT2D eigenvalue weighted by Gasteiger charge is -2.09. The summed E-state index contributed by atoms with van der Waals surface area (Å²) >= 11 is 1.60. The lowest BCUT2D eigenvalue weighted by molar-refractivity contribution is 0.416. The fourth-order valence-corrected chi connectivity index (χ4v) is 2.31. The average Bonchev–Trinajstić information content (AvgIpc) is 2.84. The van der Waals surface area contributed by atoms with Crippen molar-refractivity contribution < 1.29 is 4.74 Å². The first kappa shape index (κ1) is 10.2. The fourth-order valence-electron chi connectivity index (χ4n) is 1.44. The van der Waals surface area contributed by atoms with Crippen LogP contribution < -0.4 is 10.5 Å². The summed E-state index contributed by atoms with van der Waals surface area (Å²) in [6.45, 7) is 0. The van der Waals surface area contributed by atoms with Crippen molar-refractivity contribution in [2.45, 2.75) is 6.04 Å². The van der Waals surface area contributed by atoms with Crippen molar-refractivity contribution in [3.63, 3.8) is 0 Å². The summed E-state index contributed by atoms with van der Waals surface area (Å²) in [6.07, 6.45) is 1.75. The van der Waals surface area contributed by atoms with E-state index in [1.807, 2.05) is 24.6 Å². The van der Waals surface area contributed by atoms with Gasteiger partial charge in [-0.2, -0.15) is 5.10 Å². The number of rotatable bonds is 3. The minimum absolute atomic E-state index is 0.133. The second-order valence-electron chi connectivity index (χ2n) is 3.25. The van der Waals surface area contributed by atoms with Gasteiger partial charge in [0, 0.05) is 23.5 Å². The molecule has 0 bridgehead atoms. The monoisotopic (exact) mass is 223 g/mol. The normalized spacial score (nSPS) is 12.7. The van der Waals surface area contributed by atoms with Gasteiger partial charge in [-0.3, -0.25) is 4.68 Å². The van der Waals surface area contributed by atoms with Crippen LogP contribution in [-0.2, 0) is 7.05 Å². The van der Waals surface area contributed by atoms with Gasteiger partial charge in [-0.15, -0.1) is 11.3 Å². The zero-order chi connectivity index (χ0) is 10.8. The van der Waals surface area contributed by atoms with Crippen LogP contribution in [0.15, 0.2) is 23.7 Å². The van der Waals surface area contributed by atoms with Gasteiger partial charge >= 0.3 is 0 Å². The van der Waals surface area contributed by atoms with E-state index in [1.165, 1.54) is 0 Å². The van der Waals surface area contributed by atoms with Crippen molar-refractivity contribution in [3.05, 3.63) is 34.3 Å². The number of aryl methyl sites for hydroxylation is 1. The van der Waals surface area contributed by atoms with E-state index in [1.54, 1.807) is 29.3 Å². The molecule has 0 saturated heterocycles. The van der Waals surface area contributed by atoms with E-state index in [0.29, 0.717) is 0 Å². The predicted octanol–water partition coefficient (Wildman–Crippen LogP) is 1.54. The molecule has 0 aliphatic rings. The third-order valence-electron chi connectivity index (χ3n) is 2.32. The molecule has 0 fully saturated rings. The Morgan fingerprint density at radius 1 is 1.60 bits per heavy atom. The smallest absolute Gasteiger partial charge is 0.129 e. The van der Waals surface area contributed by atoms with Crippen LogP contribution >= 0.6 is 11.3 Å². The number of ether oxygens (including phenoxy) is 1. The maximum Gasteiger partial charge on any atom is 0.129 e. The summed E-state index contributed by atoms with van der Waals surface area (Å²) in [5.41, 5.74) is 7.12. The highest BCUT2D eigenvalue weighted by molar-refractivity contribution is 7.10. The zero-order valence-corrected chi connectivity index (χ0v) is 9.49. The lowest BCUT2D eigenvalue weighted by Crippen LogP contribution is -2.14. The maximum absolute atomic E-state index is 6.12. The van der Waals surface area contributed by atoms with Crippen molar-refractivity contribution in [1.82, 2.24) is 9.78 Å². The molecular formula is C10H13N3OS. The molecule has 1 atom stereocenters. The molecule has 1 unspecified atom stereocenters. The van der Waals surface area contributed by atoms with E-state index >= 15 is 0 Å². The first-order valence-corrected chi connectivity index (χ1v) is 5.46. The molecule has 0 aliphatic heterocycles. The Balaban J connectivity index is 2.28. The molecule has 0 saturated carbocycles. The summed E-state index contributed by atoms with van der Waals surface area (Å²) in [6, 6.07) is 3.76. The Bertz CT molecular complexity index is 449. The predicted molar refractivity (Wildman–Crippen MR) is 60.1 cm³/mol. The van der Waals surface area contributed by atoms with Crippen LogP contribution in [-0.4, -0.2) is 16.9 Å². The Kier molecular flexibility index (Phi) is 2.75. The fraction of sp³-hybridized carbons (Fsp3) is 0.300. The molecule has 2 rings (SSSR count). The van der Waals surface area contributed by atoms with E-state index in [9.17, 15) is 0 Å². The number of hydrogen-bond acceptors (Lipinski definition) is 4. The van der Waals surface area contributed by atoms with Gasteiger partial charge in [-0.05, 0) is 12.1 Å². The molecule has 2 aromatic heterocycles. The van der Waals surface area contributed by atoms with Crippen molar-refractivity contribution in [2.75, 3.05) is 7.11 Å². The van der Waals surface area contributed by atoms with E-state index in [4.69, 9.17) is 10.5 Å². The van der Waals surface area contributed by atoms with Gasteiger partial charge in [0.05, 0.1) is 18.8 Å². The summed E-state index contributed by atoms with van der Waals surface area (Å²) < 4.78 is 6.91. The van der Waals surface area contributed by atoms with E-state index in [-0.39, 0.29) is 6.04 Å². The van der Waals surface area contributed by atoms with Gasteiger partial charge in [0.2, 0.25) is 0 Å². The number of hydrogen-bond donors (Lipinski definition) is 1. The molecule has 2 N–H and O–H groups in total. The van der Waals surface area contributed by atoms with Gasteiger partial charge in [-0.25, -0.2) is 0 Å². The third-order valence-corrected chi connectivity index (χ3v) is 3.31. The van der Waals surface area contributed by atoms with Crippen LogP contribution in [0.4, 0.5) is 0 Å². The highest BCUT2D eigenvalue weighted by atomic mass is 32.1.